The molecule has 166 valence electrons. The van der Waals surface area contributed by atoms with Gasteiger partial charge in [0, 0.05) is 18.5 Å². The highest BCUT2D eigenvalue weighted by Crippen LogP contribution is 2.33. The maximum Gasteiger partial charge on any atom is 0.419 e. The van der Waals surface area contributed by atoms with Gasteiger partial charge in [-0.3, -0.25) is 9.59 Å². The summed E-state index contributed by atoms with van der Waals surface area (Å²) in [6.07, 6.45) is -4.25. The number of nitrogens with one attached hydrogen (secondary N) is 2. The van der Waals surface area contributed by atoms with E-state index in [4.69, 9.17) is 5.26 Å². The highest BCUT2D eigenvalue weighted by Gasteiger charge is 2.39. The molecule has 2 N–H and O–H groups in total. The van der Waals surface area contributed by atoms with Gasteiger partial charge in [-0.05, 0) is 42.3 Å². The maximum absolute atomic E-state index is 13.5. The Kier molecular flexibility index (Phi) is 6.58. The van der Waals surface area contributed by atoms with Gasteiger partial charge < -0.3 is 10.6 Å². The largest absolute Gasteiger partial charge is 0.419 e. The Hall–Kier alpha value is -3.74. The number of amides is 2. The lowest BCUT2D eigenvalue weighted by Gasteiger charge is -2.29. The van der Waals surface area contributed by atoms with Gasteiger partial charge in [0.2, 0.25) is 0 Å². The Morgan fingerprint density at radius 2 is 1.69 bits per heavy atom. The zero-order chi connectivity index (χ0) is 23.5. The van der Waals surface area contributed by atoms with Crippen LogP contribution in [0.15, 0.2) is 42.5 Å². The predicted octanol–water partition coefficient (Wildman–Crippen LogP) is 4.52. The van der Waals surface area contributed by atoms with Crippen LogP contribution in [0.25, 0.3) is 0 Å². The van der Waals surface area contributed by atoms with Gasteiger partial charge in [0.15, 0.2) is 0 Å². The van der Waals surface area contributed by atoms with Gasteiger partial charge in [0.05, 0.1) is 23.2 Å². The number of urea groups is 1. The number of nitriles is 1. The van der Waals surface area contributed by atoms with E-state index < -0.39 is 35.5 Å². The Morgan fingerprint density at radius 1 is 1.06 bits per heavy atom. The van der Waals surface area contributed by atoms with Crippen LogP contribution in [0.3, 0.4) is 0 Å². The molecule has 32 heavy (non-hydrogen) atoms. The van der Waals surface area contributed by atoms with Crippen LogP contribution in [0.2, 0.25) is 0 Å². The number of rotatable bonds is 4. The molecule has 1 saturated carbocycles. The quantitative estimate of drug-likeness (QED) is 0.532. The number of ketones is 2. The number of benzene rings is 2. The maximum atomic E-state index is 13.5. The molecule has 0 spiro atoms. The molecule has 0 aliphatic heterocycles. The molecule has 10 heteroatoms. The molecule has 0 bridgehead atoms. The number of hydrogen-bond acceptors (Lipinski definition) is 4. The first kappa shape index (κ1) is 22.9. The fourth-order valence-corrected chi connectivity index (χ4v) is 3.55. The molecule has 1 atom stereocenters. The Bertz CT molecular complexity index is 1080. The highest BCUT2D eigenvalue weighted by molar-refractivity contribution is 6.05. The van der Waals surface area contributed by atoms with Crippen LogP contribution in [0.4, 0.5) is 28.0 Å². The Balaban J connectivity index is 1.87. The average Bonchev–Trinajstić information content (AvgIpc) is 2.73. The summed E-state index contributed by atoms with van der Waals surface area (Å²) in [5.41, 5.74) is -1.17. The molecule has 0 radical (unpaired) electrons. The van der Waals surface area contributed by atoms with Gasteiger partial charge in [-0.2, -0.15) is 18.4 Å². The molecular weight excluding hydrogens is 430 g/mol. The van der Waals surface area contributed by atoms with Crippen molar-refractivity contribution in [2.24, 2.45) is 5.92 Å². The number of halogens is 4. The van der Waals surface area contributed by atoms with Crippen LogP contribution < -0.4 is 10.6 Å². The predicted molar refractivity (Wildman–Crippen MR) is 105 cm³/mol. The number of anilines is 1. The first-order valence-electron chi connectivity index (χ1n) is 9.60. The van der Waals surface area contributed by atoms with E-state index in [1.165, 1.54) is 24.3 Å². The molecule has 2 aromatic rings. The van der Waals surface area contributed by atoms with Crippen LogP contribution in [0.5, 0.6) is 0 Å². The summed E-state index contributed by atoms with van der Waals surface area (Å²) in [5.74, 6) is -3.38. The third-order valence-electron chi connectivity index (χ3n) is 5.09. The molecule has 6 nitrogen and oxygen atoms in total. The molecule has 0 saturated heterocycles. The first-order valence-corrected chi connectivity index (χ1v) is 9.60. The smallest absolute Gasteiger partial charge is 0.330 e. The zero-order valence-corrected chi connectivity index (χ0v) is 16.5. The van der Waals surface area contributed by atoms with Crippen molar-refractivity contribution in [2.75, 3.05) is 5.32 Å². The number of carbonyl (C=O) groups is 3. The number of hydrogen-bond donors (Lipinski definition) is 2. The molecular formula is C22H17F4N3O3. The second-order valence-electron chi connectivity index (χ2n) is 7.27. The van der Waals surface area contributed by atoms with Crippen LogP contribution in [-0.4, -0.2) is 17.6 Å². The highest BCUT2D eigenvalue weighted by atomic mass is 19.4. The number of Topliss-reactive ketones (excluding diaryl/α,β-unsaturated/α-hetero) is 2. The minimum Gasteiger partial charge on any atom is -0.330 e. The van der Waals surface area contributed by atoms with Crippen molar-refractivity contribution >= 4 is 23.3 Å². The van der Waals surface area contributed by atoms with Crippen LogP contribution in [0, 0.1) is 23.1 Å². The standard InChI is InChI=1S/C22H17F4N3O3/c23-16-9-8-14(10-15(16)22(24,25)26)28-21(32)29-20(13-6-4-12(11-27)5-7-13)19-17(30)2-1-3-18(19)31/h4-10,19-20H,1-3H2,(H2,28,29,32). The number of nitrogens with zero attached hydrogens (tertiary/aromatic N) is 1. The van der Waals surface area contributed by atoms with Crippen molar-refractivity contribution in [1.29, 1.82) is 5.26 Å². The van der Waals surface area contributed by atoms with Crippen molar-refractivity contribution in [3.8, 4) is 6.07 Å². The second kappa shape index (κ2) is 9.18. The molecule has 3 rings (SSSR count). The van der Waals surface area contributed by atoms with E-state index in [2.05, 4.69) is 10.6 Å². The molecule has 0 heterocycles. The van der Waals surface area contributed by atoms with E-state index in [1.807, 2.05) is 6.07 Å². The fraction of sp³-hybridized carbons (Fsp3) is 0.273. The van der Waals surface area contributed by atoms with E-state index >= 15 is 0 Å². The van der Waals surface area contributed by atoms with Crippen molar-refractivity contribution in [3.05, 3.63) is 65.0 Å². The number of alkyl halides is 3. The van der Waals surface area contributed by atoms with E-state index in [0.717, 1.165) is 6.07 Å². The third-order valence-corrected chi connectivity index (χ3v) is 5.09. The summed E-state index contributed by atoms with van der Waals surface area (Å²) in [6.45, 7) is 0. The third kappa shape index (κ3) is 5.11. The minimum atomic E-state index is -4.95. The van der Waals surface area contributed by atoms with Crippen molar-refractivity contribution < 1.29 is 31.9 Å². The van der Waals surface area contributed by atoms with Gasteiger partial charge in [0.25, 0.3) is 0 Å². The molecule has 2 amide bonds. The minimum absolute atomic E-state index is 0.152. The van der Waals surface area contributed by atoms with Gasteiger partial charge in [-0.15, -0.1) is 0 Å². The Labute approximate surface area is 180 Å². The lowest BCUT2D eigenvalue weighted by molar-refractivity contribution is -0.140. The van der Waals surface area contributed by atoms with Crippen molar-refractivity contribution in [3.63, 3.8) is 0 Å². The summed E-state index contributed by atoms with van der Waals surface area (Å²) in [4.78, 5) is 37.5. The summed E-state index contributed by atoms with van der Waals surface area (Å²) in [6, 6.07) is 7.71. The van der Waals surface area contributed by atoms with Gasteiger partial charge in [0.1, 0.15) is 23.3 Å². The van der Waals surface area contributed by atoms with Gasteiger partial charge in [-0.1, -0.05) is 12.1 Å². The van der Waals surface area contributed by atoms with E-state index in [1.54, 1.807) is 0 Å². The fourth-order valence-electron chi connectivity index (χ4n) is 3.55. The summed E-state index contributed by atoms with van der Waals surface area (Å²) in [5, 5.41) is 13.6. The SMILES string of the molecule is N#Cc1ccc(C(NC(=O)Nc2ccc(F)c(C(F)(F)F)c2)C2C(=O)CCCC2=O)cc1. The van der Waals surface area contributed by atoms with Crippen LogP contribution >= 0.6 is 0 Å². The van der Waals surface area contributed by atoms with Gasteiger partial charge in [-0.25, -0.2) is 9.18 Å². The lowest BCUT2D eigenvalue weighted by Crippen LogP contribution is -2.43. The lowest BCUT2D eigenvalue weighted by atomic mass is 9.79. The van der Waals surface area contributed by atoms with Crippen molar-refractivity contribution in [1.82, 2.24) is 5.32 Å². The Morgan fingerprint density at radius 3 is 2.25 bits per heavy atom. The summed E-state index contributed by atoms with van der Waals surface area (Å²) in [7, 11) is 0. The average molecular weight is 447 g/mol. The molecule has 0 aromatic heterocycles. The van der Waals surface area contributed by atoms with Crippen LogP contribution in [0.1, 0.15) is 42.0 Å². The topological polar surface area (TPSA) is 99.1 Å². The monoisotopic (exact) mass is 447 g/mol. The summed E-state index contributed by atoms with van der Waals surface area (Å²) < 4.78 is 52.2. The normalized spacial score (nSPS) is 15.7. The van der Waals surface area contributed by atoms with E-state index in [-0.39, 0.29) is 30.1 Å². The molecule has 1 aliphatic rings. The number of carbonyl (C=O) groups excluding carboxylic acids is 3. The second-order valence-corrected chi connectivity index (χ2v) is 7.27. The molecule has 1 aliphatic carbocycles. The first-order chi connectivity index (χ1) is 15.1. The zero-order valence-electron chi connectivity index (χ0n) is 16.5. The van der Waals surface area contributed by atoms with Crippen LogP contribution in [-0.2, 0) is 15.8 Å². The van der Waals surface area contributed by atoms with Crippen molar-refractivity contribution in [2.45, 2.75) is 31.5 Å². The van der Waals surface area contributed by atoms with Gasteiger partial charge >= 0.3 is 12.2 Å². The molecule has 1 unspecified atom stereocenters. The summed E-state index contributed by atoms with van der Waals surface area (Å²) >= 11 is 0. The van der Waals surface area contributed by atoms with E-state index in [9.17, 15) is 31.9 Å². The molecule has 1 fully saturated rings. The molecule has 2 aromatic carbocycles. The van der Waals surface area contributed by atoms with E-state index in [0.29, 0.717) is 29.7 Å².